The van der Waals surface area contributed by atoms with Crippen molar-refractivity contribution in [3.63, 3.8) is 0 Å². The normalized spacial score (nSPS) is 14.6. The molecule has 0 saturated heterocycles. The molecule has 2 N–H and O–H groups in total. The van der Waals surface area contributed by atoms with Crippen molar-refractivity contribution in [1.82, 2.24) is 20.2 Å². The molecule has 0 fully saturated rings. The number of rotatable bonds is 6. The van der Waals surface area contributed by atoms with Gasteiger partial charge in [0.2, 0.25) is 5.91 Å². The van der Waals surface area contributed by atoms with Crippen LogP contribution in [0.5, 0.6) is 0 Å². The van der Waals surface area contributed by atoms with Gasteiger partial charge in [0, 0.05) is 26.5 Å². The van der Waals surface area contributed by atoms with Crippen molar-refractivity contribution in [3.8, 4) is 0 Å². The third-order valence-corrected chi connectivity index (χ3v) is 2.97. The summed E-state index contributed by atoms with van der Waals surface area (Å²) in [5.41, 5.74) is 0. The highest BCUT2D eigenvalue weighted by atomic mass is 16.2. The lowest BCUT2D eigenvalue weighted by molar-refractivity contribution is -0.123. The van der Waals surface area contributed by atoms with Gasteiger partial charge in [-0.25, -0.2) is 4.98 Å². The molecule has 18 heavy (non-hydrogen) atoms. The fourth-order valence-electron chi connectivity index (χ4n) is 2.07. The van der Waals surface area contributed by atoms with Gasteiger partial charge in [0.15, 0.2) is 0 Å². The Morgan fingerprint density at radius 3 is 2.56 bits per heavy atom. The van der Waals surface area contributed by atoms with E-state index in [1.54, 1.807) is 13.2 Å². The fraction of sp³-hybridized carbons (Fsp3) is 0.692. The lowest BCUT2D eigenvalue weighted by Gasteiger charge is -2.23. The minimum atomic E-state index is -0.179. The Labute approximate surface area is 109 Å². The van der Waals surface area contributed by atoms with Gasteiger partial charge < -0.3 is 9.88 Å². The second-order valence-electron chi connectivity index (χ2n) is 5.08. The van der Waals surface area contributed by atoms with Gasteiger partial charge >= 0.3 is 0 Å². The average molecular weight is 252 g/mol. The number of aromatic nitrogens is 2. The molecular weight excluding hydrogens is 228 g/mol. The summed E-state index contributed by atoms with van der Waals surface area (Å²) in [6.07, 6.45) is 4.49. The topological polar surface area (TPSA) is 59.0 Å². The molecule has 5 nitrogen and oxygen atoms in total. The second-order valence-corrected chi connectivity index (χ2v) is 5.08. The molecule has 0 aliphatic rings. The number of carbonyl (C=O) groups excluding carboxylic acids is 1. The predicted molar refractivity (Wildman–Crippen MR) is 72.1 cm³/mol. The van der Waals surface area contributed by atoms with Crippen LogP contribution in [0.25, 0.3) is 0 Å². The number of likely N-dealkylation sites (N-methyl/N-ethyl adjacent to an activating group) is 1. The van der Waals surface area contributed by atoms with E-state index in [4.69, 9.17) is 0 Å². The highest BCUT2D eigenvalue weighted by Gasteiger charge is 2.22. The van der Waals surface area contributed by atoms with Gasteiger partial charge in [0.05, 0.1) is 12.1 Å². The zero-order chi connectivity index (χ0) is 13.7. The van der Waals surface area contributed by atoms with Crippen LogP contribution >= 0.6 is 0 Å². The Morgan fingerprint density at radius 2 is 2.11 bits per heavy atom. The molecule has 0 spiro atoms. The predicted octanol–water partition coefficient (Wildman–Crippen LogP) is 1.23. The van der Waals surface area contributed by atoms with E-state index in [2.05, 4.69) is 29.5 Å². The number of imidazole rings is 1. The van der Waals surface area contributed by atoms with Gasteiger partial charge in [0.25, 0.3) is 0 Å². The molecule has 1 amide bonds. The molecule has 2 atom stereocenters. The maximum atomic E-state index is 11.8. The van der Waals surface area contributed by atoms with Crippen molar-refractivity contribution in [2.75, 3.05) is 7.05 Å². The lowest BCUT2D eigenvalue weighted by Crippen LogP contribution is -2.45. The molecule has 0 aliphatic heterocycles. The molecule has 1 rings (SSSR count). The largest absolute Gasteiger partial charge is 0.358 e. The molecule has 5 heteroatoms. The minimum absolute atomic E-state index is 0.0322. The molecule has 2 unspecified atom stereocenters. The van der Waals surface area contributed by atoms with E-state index in [9.17, 15) is 4.79 Å². The van der Waals surface area contributed by atoms with Gasteiger partial charge in [-0.15, -0.1) is 0 Å². The third-order valence-electron chi connectivity index (χ3n) is 2.97. The zero-order valence-corrected chi connectivity index (χ0v) is 11.9. The van der Waals surface area contributed by atoms with Crippen molar-refractivity contribution in [2.24, 2.45) is 13.0 Å². The zero-order valence-electron chi connectivity index (χ0n) is 11.9. The van der Waals surface area contributed by atoms with Gasteiger partial charge in [-0.3, -0.25) is 10.1 Å². The monoisotopic (exact) mass is 252 g/mol. The standard InChI is InChI=1S/C13H24N4O/c1-9(2)8-11(13(18)14-4)16-10(3)12-15-6-7-17(12)5/h6-7,9-11,16H,8H2,1-5H3,(H,14,18). The first-order valence-corrected chi connectivity index (χ1v) is 6.40. The number of hydrogen-bond acceptors (Lipinski definition) is 3. The van der Waals surface area contributed by atoms with Crippen molar-refractivity contribution in [1.29, 1.82) is 0 Å². The Morgan fingerprint density at radius 1 is 1.44 bits per heavy atom. The Kier molecular flexibility index (Phi) is 5.34. The van der Waals surface area contributed by atoms with Gasteiger partial charge in [-0.05, 0) is 19.3 Å². The van der Waals surface area contributed by atoms with Crippen LogP contribution in [0.4, 0.5) is 0 Å². The molecular formula is C13H24N4O. The second kappa shape index (κ2) is 6.54. The van der Waals surface area contributed by atoms with Gasteiger partial charge in [-0.1, -0.05) is 13.8 Å². The molecule has 0 radical (unpaired) electrons. The van der Waals surface area contributed by atoms with Crippen LogP contribution in [-0.2, 0) is 11.8 Å². The first-order chi connectivity index (χ1) is 8.45. The number of aryl methyl sites for hydroxylation is 1. The number of nitrogens with zero attached hydrogens (tertiary/aromatic N) is 2. The summed E-state index contributed by atoms with van der Waals surface area (Å²) >= 11 is 0. The molecule has 0 aliphatic carbocycles. The van der Waals surface area contributed by atoms with Gasteiger partial charge in [-0.2, -0.15) is 0 Å². The molecule has 1 aromatic rings. The van der Waals surface area contributed by atoms with Crippen LogP contribution in [0.15, 0.2) is 12.4 Å². The van der Waals surface area contributed by atoms with Crippen LogP contribution in [0.2, 0.25) is 0 Å². The summed E-state index contributed by atoms with van der Waals surface area (Å²) < 4.78 is 1.97. The summed E-state index contributed by atoms with van der Waals surface area (Å²) in [6.45, 7) is 6.25. The highest BCUT2D eigenvalue weighted by molar-refractivity contribution is 5.81. The smallest absolute Gasteiger partial charge is 0.236 e. The maximum Gasteiger partial charge on any atom is 0.236 e. The minimum Gasteiger partial charge on any atom is -0.358 e. The van der Waals surface area contributed by atoms with Crippen molar-refractivity contribution in [2.45, 2.75) is 39.3 Å². The number of carbonyl (C=O) groups is 1. The molecule has 1 aromatic heterocycles. The third kappa shape index (κ3) is 3.84. The highest BCUT2D eigenvalue weighted by Crippen LogP contribution is 2.13. The van der Waals surface area contributed by atoms with Crippen LogP contribution < -0.4 is 10.6 Å². The molecule has 0 aromatic carbocycles. The van der Waals surface area contributed by atoms with E-state index in [1.807, 2.05) is 24.7 Å². The molecule has 1 heterocycles. The summed E-state index contributed by atoms with van der Waals surface area (Å²) in [4.78, 5) is 16.1. The summed E-state index contributed by atoms with van der Waals surface area (Å²) in [6, 6.07) is -0.132. The van der Waals surface area contributed by atoms with Crippen molar-refractivity contribution >= 4 is 5.91 Å². The number of nitrogens with one attached hydrogen (secondary N) is 2. The van der Waals surface area contributed by atoms with E-state index in [-0.39, 0.29) is 18.0 Å². The SMILES string of the molecule is CNC(=O)C(CC(C)C)NC(C)c1nccn1C. The number of hydrogen-bond donors (Lipinski definition) is 2. The summed E-state index contributed by atoms with van der Waals surface area (Å²) in [5.74, 6) is 1.44. The van der Waals surface area contributed by atoms with Crippen molar-refractivity contribution < 1.29 is 4.79 Å². The van der Waals surface area contributed by atoms with Crippen molar-refractivity contribution in [3.05, 3.63) is 18.2 Å². The van der Waals surface area contributed by atoms with Gasteiger partial charge in [0.1, 0.15) is 5.82 Å². The quantitative estimate of drug-likeness (QED) is 0.800. The van der Waals surface area contributed by atoms with E-state index < -0.39 is 0 Å². The van der Waals surface area contributed by atoms with E-state index in [0.717, 1.165) is 12.2 Å². The lowest BCUT2D eigenvalue weighted by atomic mass is 10.0. The average Bonchev–Trinajstić information content (AvgIpc) is 2.73. The van der Waals surface area contributed by atoms with E-state index in [1.165, 1.54) is 0 Å². The first kappa shape index (κ1) is 14.7. The maximum absolute atomic E-state index is 11.8. The molecule has 102 valence electrons. The van der Waals surface area contributed by atoms with E-state index in [0.29, 0.717) is 5.92 Å². The number of amides is 1. The van der Waals surface area contributed by atoms with Crippen LogP contribution in [0.1, 0.15) is 39.1 Å². The summed E-state index contributed by atoms with van der Waals surface area (Å²) in [5, 5.41) is 6.05. The Hall–Kier alpha value is -1.36. The molecule has 0 saturated carbocycles. The Balaban J connectivity index is 2.71. The van der Waals surface area contributed by atoms with Crippen LogP contribution in [0, 0.1) is 5.92 Å². The first-order valence-electron chi connectivity index (χ1n) is 6.40. The van der Waals surface area contributed by atoms with E-state index >= 15 is 0 Å². The van der Waals surface area contributed by atoms with Crippen LogP contribution in [-0.4, -0.2) is 28.5 Å². The Bertz CT molecular complexity index is 386. The summed E-state index contributed by atoms with van der Waals surface area (Å²) in [7, 11) is 3.63. The molecule has 0 bridgehead atoms. The fourth-order valence-corrected chi connectivity index (χ4v) is 2.07. The van der Waals surface area contributed by atoms with Crippen LogP contribution in [0.3, 0.4) is 0 Å².